The highest BCUT2D eigenvalue weighted by Crippen LogP contribution is 2.75. The number of ketones is 1. The number of carbonyl (C=O) groups excluding carboxylic acids is 1. The predicted molar refractivity (Wildman–Crippen MR) is 114 cm³/mol. The molecule has 29 heavy (non-hydrogen) atoms. The van der Waals surface area contributed by atoms with Gasteiger partial charge in [0.1, 0.15) is 5.78 Å². The van der Waals surface area contributed by atoms with Crippen molar-refractivity contribution in [2.24, 2.45) is 45.8 Å². The van der Waals surface area contributed by atoms with Gasteiger partial charge in [-0.3, -0.25) is 4.79 Å². The van der Waals surface area contributed by atoms with Crippen molar-refractivity contribution >= 4 is 5.78 Å². The third-order valence-corrected chi connectivity index (χ3v) is 11.9. The molecule has 0 spiro atoms. The van der Waals surface area contributed by atoms with Crippen molar-refractivity contribution in [3.05, 3.63) is 0 Å². The van der Waals surface area contributed by atoms with Crippen LogP contribution in [0.4, 0.5) is 0 Å². The zero-order chi connectivity index (χ0) is 20.8. The number of hydrogen-bond acceptors (Lipinski definition) is 3. The molecule has 5 rings (SSSR count). The first-order chi connectivity index (χ1) is 13.6. The maximum Gasteiger partial charge on any atom is 0.136 e. The van der Waals surface area contributed by atoms with Crippen LogP contribution in [0.2, 0.25) is 0 Å². The molecule has 0 aromatic carbocycles. The molecular formula is C26H42O3. The minimum atomic E-state index is -0.733. The summed E-state index contributed by atoms with van der Waals surface area (Å²) in [7, 11) is 0. The third kappa shape index (κ3) is 2.30. The second kappa shape index (κ2) is 6.31. The van der Waals surface area contributed by atoms with E-state index in [1.165, 1.54) is 25.7 Å². The van der Waals surface area contributed by atoms with Crippen LogP contribution in [-0.2, 0) is 4.79 Å². The number of carbonyl (C=O) groups is 1. The Bertz CT molecular complexity index is 704. The van der Waals surface area contributed by atoms with Crippen LogP contribution in [0.25, 0.3) is 0 Å². The van der Waals surface area contributed by atoms with Crippen LogP contribution in [-0.4, -0.2) is 27.7 Å². The lowest BCUT2D eigenvalue weighted by molar-refractivity contribution is -0.246. The van der Waals surface area contributed by atoms with Gasteiger partial charge in [0.15, 0.2) is 0 Å². The topological polar surface area (TPSA) is 57.5 Å². The maximum atomic E-state index is 13.2. The van der Waals surface area contributed by atoms with Gasteiger partial charge in [0.05, 0.1) is 11.7 Å². The number of aliphatic hydroxyl groups is 2. The number of aliphatic hydroxyl groups excluding tert-OH is 1. The summed E-state index contributed by atoms with van der Waals surface area (Å²) in [5.41, 5.74) is -0.761. The van der Waals surface area contributed by atoms with Gasteiger partial charge in [-0.2, -0.15) is 0 Å². The van der Waals surface area contributed by atoms with Crippen molar-refractivity contribution in [2.45, 2.75) is 110 Å². The average Bonchev–Trinajstić information content (AvgIpc) is 2.95. The van der Waals surface area contributed by atoms with Crippen molar-refractivity contribution in [2.75, 3.05) is 0 Å². The zero-order valence-electron chi connectivity index (χ0n) is 19.0. The SMILES string of the molecule is CC(=O)[C@@]12CCCCC1CC1[C@@H]3C[C@H](C)[C@@]4(O)C[C@@H](O)CC[C@]4(C)C3CC[C@@]12C. The molecule has 3 unspecified atom stereocenters. The first-order valence-electron chi connectivity index (χ1n) is 12.5. The van der Waals surface area contributed by atoms with Crippen LogP contribution in [0, 0.1) is 45.8 Å². The molecule has 0 heterocycles. The van der Waals surface area contributed by atoms with Crippen LogP contribution in [0.5, 0.6) is 0 Å². The van der Waals surface area contributed by atoms with E-state index >= 15 is 0 Å². The molecule has 0 amide bonds. The molecule has 5 aliphatic carbocycles. The molecule has 0 bridgehead atoms. The molecule has 3 nitrogen and oxygen atoms in total. The summed E-state index contributed by atoms with van der Waals surface area (Å²) in [5, 5.41) is 22.2. The fourth-order valence-electron chi connectivity index (χ4n) is 10.5. The summed E-state index contributed by atoms with van der Waals surface area (Å²) in [6.07, 6.45) is 11.5. The summed E-state index contributed by atoms with van der Waals surface area (Å²) in [6.45, 7) is 8.96. The van der Waals surface area contributed by atoms with Gasteiger partial charge in [-0.15, -0.1) is 0 Å². The molecule has 0 aromatic rings. The molecule has 164 valence electrons. The fraction of sp³-hybridized carbons (Fsp3) is 0.962. The van der Waals surface area contributed by atoms with Gasteiger partial charge in [-0.1, -0.05) is 33.6 Å². The second-order valence-electron chi connectivity index (χ2n) is 12.4. The molecular weight excluding hydrogens is 360 g/mol. The zero-order valence-corrected chi connectivity index (χ0v) is 19.0. The molecule has 10 atom stereocenters. The minimum Gasteiger partial charge on any atom is -0.393 e. The van der Waals surface area contributed by atoms with Crippen LogP contribution in [0.1, 0.15) is 98.3 Å². The second-order valence-corrected chi connectivity index (χ2v) is 12.4. The van der Waals surface area contributed by atoms with Crippen molar-refractivity contribution in [1.29, 1.82) is 0 Å². The van der Waals surface area contributed by atoms with E-state index in [4.69, 9.17) is 0 Å². The summed E-state index contributed by atoms with van der Waals surface area (Å²) in [4.78, 5) is 13.2. The Kier molecular flexibility index (Phi) is 4.46. The standard InChI is InChI=1S/C26H42O3/c1-16-13-20-21(24(4)11-8-19(28)15-26(16,24)29)9-12-23(3)22(20)14-18-7-5-6-10-25(18,23)17(2)27/h16,18-22,28-29H,5-15H2,1-4H3/t16-,18?,19-,20+,21?,22?,23-,24+,25-,26-/m0/s1. The van der Waals surface area contributed by atoms with Crippen LogP contribution >= 0.6 is 0 Å². The van der Waals surface area contributed by atoms with Gasteiger partial charge in [0, 0.05) is 11.8 Å². The first kappa shape index (κ1) is 20.5. The van der Waals surface area contributed by atoms with Crippen molar-refractivity contribution in [1.82, 2.24) is 0 Å². The summed E-state index contributed by atoms with van der Waals surface area (Å²) in [5.74, 6) is 3.08. The van der Waals surface area contributed by atoms with E-state index in [1.54, 1.807) is 0 Å². The van der Waals surface area contributed by atoms with E-state index in [2.05, 4.69) is 20.8 Å². The monoisotopic (exact) mass is 402 g/mol. The fourth-order valence-corrected chi connectivity index (χ4v) is 10.5. The highest BCUT2D eigenvalue weighted by atomic mass is 16.3. The quantitative estimate of drug-likeness (QED) is 0.639. The van der Waals surface area contributed by atoms with Gasteiger partial charge < -0.3 is 10.2 Å². The van der Waals surface area contributed by atoms with Crippen molar-refractivity contribution < 1.29 is 15.0 Å². The Morgan fingerprint density at radius 3 is 2.38 bits per heavy atom. The number of fused-ring (bicyclic) bond motifs is 7. The van der Waals surface area contributed by atoms with Crippen LogP contribution in [0.3, 0.4) is 0 Å². The Morgan fingerprint density at radius 2 is 1.66 bits per heavy atom. The molecule has 5 fully saturated rings. The lowest BCUT2D eigenvalue weighted by Crippen LogP contribution is -2.66. The van der Waals surface area contributed by atoms with Gasteiger partial charge in [0.25, 0.3) is 0 Å². The first-order valence-corrected chi connectivity index (χ1v) is 12.5. The third-order valence-electron chi connectivity index (χ3n) is 11.9. The smallest absolute Gasteiger partial charge is 0.136 e. The molecule has 3 heteroatoms. The van der Waals surface area contributed by atoms with E-state index in [0.29, 0.717) is 35.9 Å². The van der Waals surface area contributed by atoms with E-state index in [-0.39, 0.29) is 28.3 Å². The van der Waals surface area contributed by atoms with Crippen molar-refractivity contribution in [3.8, 4) is 0 Å². The molecule has 0 saturated heterocycles. The molecule has 5 aliphatic rings. The van der Waals surface area contributed by atoms with E-state index in [9.17, 15) is 15.0 Å². The average molecular weight is 403 g/mol. The molecule has 2 N–H and O–H groups in total. The molecule has 5 saturated carbocycles. The van der Waals surface area contributed by atoms with Crippen LogP contribution in [0.15, 0.2) is 0 Å². The van der Waals surface area contributed by atoms with Gasteiger partial charge in [0.2, 0.25) is 0 Å². The maximum absolute atomic E-state index is 13.2. The van der Waals surface area contributed by atoms with Gasteiger partial charge in [-0.05, 0) is 98.7 Å². The Morgan fingerprint density at radius 1 is 0.931 bits per heavy atom. The van der Waals surface area contributed by atoms with Crippen LogP contribution < -0.4 is 0 Å². The minimum absolute atomic E-state index is 0.0818. The normalized spacial score (nSPS) is 59.2. The van der Waals surface area contributed by atoms with Gasteiger partial charge >= 0.3 is 0 Å². The van der Waals surface area contributed by atoms with Crippen molar-refractivity contribution in [3.63, 3.8) is 0 Å². The number of Topliss-reactive ketones (excluding diaryl/α,β-unsaturated/α-hetero) is 1. The summed E-state index contributed by atoms with van der Waals surface area (Å²) >= 11 is 0. The molecule has 0 aliphatic heterocycles. The Hall–Kier alpha value is -0.410. The summed E-state index contributed by atoms with van der Waals surface area (Å²) in [6, 6.07) is 0. The lowest BCUT2D eigenvalue weighted by Gasteiger charge is -2.66. The highest BCUT2D eigenvalue weighted by Gasteiger charge is 2.71. The highest BCUT2D eigenvalue weighted by molar-refractivity contribution is 5.84. The van der Waals surface area contributed by atoms with E-state index in [1.807, 2.05) is 6.92 Å². The summed E-state index contributed by atoms with van der Waals surface area (Å²) < 4.78 is 0. The predicted octanol–water partition coefficient (Wildman–Crippen LogP) is 5.13. The molecule has 0 radical (unpaired) electrons. The largest absolute Gasteiger partial charge is 0.393 e. The molecule has 0 aromatic heterocycles. The van der Waals surface area contributed by atoms with E-state index < -0.39 is 5.60 Å². The Balaban J connectivity index is 1.55. The number of hydrogen-bond donors (Lipinski definition) is 2. The lowest BCUT2D eigenvalue weighted by atomic mass is 9.40. The number of rotatable bonds is 1. The van der Waals surface area contributed by atoms with E-state index in [0.717, 1.165) is 38.5 Å². The van der Waals surface area contributed by atoms with Gasteiger partial charge in [-0.25, -0.2) is 0 Å². The Labute approximate surface area is 177 Å².